The van der Waals surface area contributed by atoms with Crippen LogP contribution in [0.25, 0.3) is 21.5 Å². The summed E-state index contributed by atoms with van der Waals surface area (Å²) in [7, 11) is 1.34. The number of nitrogens with zero attached hydrogens (tertiary/aromatic N) is 4. The largest absolute Gasteiger partial charge is 0.465 e. The first-order valence-corrected chi connectivity index (χ1v) is 14.8. The van der Waals surface area contributed by atoms with Crippen LogP contribution in [0.15, 0.2) is 40.9 Å². The van der Waals surface area contributed by atoms with Crippen LogP contribution in [-0.4, -0.2) is 41.4 Å². The lowest BCUT2D eigenvalue weighted by atomic mass is 10.00. The second kappa shape index (κ2) is 10.2. The zero-order chi connectivity index (χ0) is 27.4. The minimum absolute atomic E-state index is 0.116. The number of esters is 1. The number of carbonyl (C=O) groups excluding carboxylic acids is 1. The summed E-state index contributed by atoms with van der Waals surface area (Å²) in [5, 5.41) is 15.7. The van der Waals surface area contributed by atoms with Gasteiger partial charge in [0, 0.05) is 29.1 Å². The zero-order valence-electron chi connectivity index (χ0n) is 21.9. The lowest BCUT2D eigenvalue weighted by Gasteiger charge is -2.38. The molecule has 3 fully saturated rings. The Labute approximate surface area is 240 Å². The third-order valence-corrected chi connectivity index (χ3v) is 9.64. The summed E-state index contributed by atoms with van der Waals surface area (Å²) in [6.07, 6.45) is 6.29. The summed E-state index contributed by atoms with van der Waals surface area (Å²) in [5.41, 5.74) is 4.06. The number of benzene rings is 2. The molecule has 8 nitrogen and oxygen atoms in total. The number of carbonyl (C=O) groups is 1. The molecule has 0 N–H and O–H groups in total. The van der Waals surface area contributed by atoms with Crippen molar-refractivity contribution in [2.24, 2.45) is 0 Å². The Bertz CT molecular complexity index is 1640. The summed E-state index contributed by atoms with van der Waals surface area (Å²) in [6, 6.07) is 13.9. The van der Waals surface area contributed by atoms with Crippen molar-refractivity contribution in [3.8, 4) is 17.3 Å². The molecule has 4 aromatic rings. The summed E-state index contributed by atoms with van der Waals surface area (Å²) in [5.74, 6) is 0.892. The van der Waals surface area contributed by atoms with Crippen molar-refractivity contribution in [1.29, 1.82) is 5.26 Å². The average Bonchev–Trinajstić information content (AvgIpc) is 3.49. The molecule has 1 aliphatic carbocycles. The molecule has 4 heterocycles. The van der Waals surface area contributed by atoms with Gasteiger partial charge in [0.25, 0.3) is 0 Å². The fraction of sp³-hybridized carbons (Fsp3) is 0.400. The number of fused-ring (bicyclic) bond motifs is 3. The van der Waals surface area contributed by atoms with Crippen molar-refractivity contribution in [2.75, 3.05) is 12.0 Å². The second-order valence-electron chi connectivity index (χ2n) is 10.8. The number of halogens is 1. The third kappa shape index (κ3) is 4.44. The maximum absolute atomic E-state index is 12.1. The summed E-state index contributed by atoms with van der Waals surface area (Å²) < 4.78 is 18.1. The predicted octanol–water partition coefficient (Wildman–Crippen LogP) is 6.86. The van der Waals surface area contributed by atoms with E-state index in [-0.39, 0.29) is 6.10 Å². The molecule has 0 spiro atoms. The van der Waals surface area contributed by atoms with Gasteiger partial charge in [-0.25, -0.2) is 9.78 Å². The van der Waals surface area contributed by atoms with E-state index in [1.807, 2.05) is 24.3 Å². The molecular weight excluding hydrogens is 548 g/mol. The maximum atomic E-state index is 12.1. The van der Waals surface area contributed by atoms with E-state index in [1.54, 1.807) is 12.1 Å². The van der Waals surface area contributed by atoms with Crippen LogP contribution in [-0.2, 0) is 16.1 Å². The van der Waals surface area contributed by atoms with E-state index in [2.05, 4.69) is 16.1 Å². The van der Waals surface area contributed by atoms with Gasteiger partial charge < -0.3 is 18.9 Å². The molecule has 2 saturated heterocycles. The molecule has 2 aliphatic heterocycles. The highest BCUT2D eigenvalue weighted by molar-refractivity contribution is 7.22. The Hall–Kier alpha value is -3.45. The van der Waals surface area contributed by atoms with Gasteiger partial charge in [-0.3, -0.25) is 0 Å². The molecule has 2 aromatic heterocycles. The number of nitriles is 1. The van der Waals surface area contributed by atoms with E-state index >= 15 is 0 Å². The minimum atomic E-state index is -0.457. The smallest absolute Gasteiger partial charge is 0.337 e. The molecule has 10 heteroatoms. The topological polar surface area (TPSA) is 101 Å². The fourth-order valence-corrected chi connectivity index (χ4v) is 7.62. The van der Waals surface area contributed by atoms with E-state index in [1.165, 1.54) is 18.4 Å². The van der Waals surface area contributed by atoms with Gasteiger partial charge in [-0.05, 0) is 56.7 Å². The van der Waals surface area contributed by atoms with Crippen LogP contribution in [0.3, 0.4) is 0 Å². The lowest BCUT2D eigenvalue weighted by molar-refractivity contribution is 0.0147. The SMILES string of the molecule is COC(=O)c1cc(C#N)c2nc(N3[C@@H]4CC[C@H]3CC(OCc3c(-c5ccccc5Cl)noc3C3CC3)C4)sc2c1. The van der Waals surface area contributed by atoms with Crippen molar-refractivity contribution in [3.63, 3.8) is 0 Å². The fourth-order valence-electron chi connectivity index (χ4n) is 6.22. The molecule has 2 bridgehead atoms. The molecule has 40 heavy (non-hydrogen) atoms. The van der Waals surface area contributed by atoms with Gasteiger partial charge in [0.2, 0.25) is 0 Å². The minimum Gasteiger partial charge on any atom is -0.465 e. The number of anilines is 1. The summed E-state index contributed by atoms with van der Waals surface area (Å²) >= 11 is 8.04. The molecular formula is C30H27ClN4O4S. The Morgan fingerprint density at radius 2 is 1.98 bits per heavy atom. The van der Waals surface area contributed by atoms with E-state index in [0.29, 0.717) is 46.3 Å². The van der Waals surface area contributed by atoms with E-state index < -0.39 is 5.97 Å². The third-order valence-electron chi connectivity index (χ3n) is 8.29. The van der Waals surface area contributed by atoms with Gasteiger partial charge in [0.15, 0.2) is 5.13 Å². The number of hydrogen-bond acceptors (Lipinski definition) is 9. The number of thiazole rings is 1. The monoisotopic (exact) mass is 574 g/mol. The van der Waals surface area contributed by atoms with Crippen LogP contribution in [0.2, 0.25) is 5.02 Å². The highest BCUT2D eigenvalue weighted by atomic mass is 35.5. The van der Waals surface area contributed by atoms with E-state index in [4.69, 9.17) is 30.6 Å². The molecule has 0 radical (unpaired) electrons. The zero-order valence-corrected chi connectivity index (χ0v) is 23.5. The van der Waals surface area contributed by atoms with Crippen LogP contribution < -0.4 is 4.90 Å². The Balaban J connectivity index is 1.11. The predicted molar refractivity (Wildman–Crippen MR) is 152 cm³/mol. The van der Waals surface area contributed by atoms with E-state index in [9.17, 15) is 10.1 Å². The van der Waals surface area contributed by atoms with Crippen LogP contribution in [0, 0.1) is 11.3 Å². The van der Waals surface area contributed by atoms with Crippen molar-refractivity contribution in [2.45, 2.75) is 69.2 Å². The molecule has 7 rings (SSSR count). The molecule has 204 valence electrons. The highest BCUT2D eigenvalue weighted by Gasteiger charge is 2.43. The molecule has 1 unspecified atom stereocenters. The standard InChI is InChI=1S/C30H27ClN4O4S/c1-37-29(36)17-10-18(14-32)26-25(11-17)40-30(33-26)35-19-8-9-20(35)13-21(12-19)38-15-23-27(22-4-2-3-5-24(22)31)34-39-28(23)16-6-7-16/h2-5,10-11,16,19-21H,6-9,12-13,15H2,1H3/t19-,20+,21?. The number of hydrogen-bond donors (Lipinski definition) is 0. The first kappa shape index (κ1) is 25.5. The highest BCUT2D eigenvalue weighted by Crippen LogP contribution is 2.46. The van der Waals surface area contributed by atoms with Gasteiger partial charge in [0.1, 0.15) is 23.0 Å². The summed E-state index contributed by atoms with van der Waals surface area (Å²) in [6.45, 7) is 0.447. The molecule has 1 saturated carbocycles. The number of aromatic nitrogens is 2. The van der Waals surface area contributed by atoms with Gasteiger partial charge in [0.05, 0.1) is 40.7 Å². The molecule has 2 aromatic carbocycles. The quantitative estimate of drug-likeness (QED) is 0.221. The normalized spacial score (nSPS) is 22.0. The van der Waals surface area contributed by atoms with Crippen molar-refractivity contribution in [1.82, 2.24) is 10.1 Å². The Morgan fingerprint density at radius 3 is 2.67 bits per heavy atom. The van der Waals surface area contributed by atoms with Gasteiger partial charge >= 0.3 is 5.97 Å². The van der Waals surface area contributed by atoms with Gasteiger partial charge in [-0.2, -0.15) is 5.26 Å². The second-order valence-corrected chi connectivity index (χ2v) is 12.2. The number of methoxy groups -OCH3 is 1. The van der Waals surface area contributed by atoms with Crippen molar-refractivity contribution < 1.29 is 18.8 Å². The summed E-state index contributed by atoms with van der Waals surface area (Å²) in [4.78, 5) is 19.4. The molecule has 3 atom stereocenters. The molecule has 3 aliphatic rings. The van der Waals surface area contributed by atoms with Gasteiger partial charge in [-0.15, -0.1) is 0 Å². The van der Waals surface area contributed by atoms with Crippen LogP contribution in [0.5, 0.6) is 0 Å². The maximum Gasteiger partial charge on any atom is 0.337 e. The lowest BCUT2D eigenvalue weighted by Crippen LogP contribution is -2.45. The van der Waals surface area contributed by atoms with Crippen LogP contribution >= 0.6 is 22.9 Å². The number of rotatable bonds is 7. The Morgan fingerprint density at radius 1 is 1.20 bits per heavy atom. The van der Waals surface area contributed by atoms with Crippen LogP contribution in [0.4, 0.5) is 5.13 Å². The Kier molecular flexibility index (Phi) is 6.50. The molecule has 0 amide bonds. The number of ether oxygens (including phenoxy) is 2. The number of piperidine rings is 1. The first-order valence-electron chi connectivity index (χ1n) is 13.6. The van der Waals surface area contributed by atoms with Crippen molar-refractivity contribution in [3.05, 3.63) is 63.9 Å². The van der Waals surface area contributed by atoms with Gasteiger partial charge in [-0.1, -0.05) is 46.3 Å². The first-order chi connectivity index (χ1) is 19.5. The average molecular weight is 575 g/mol. The van der Waals surface area contributed by atoms with Crippen molar-refractivity contribution >= 4 is 44.3 Å². The van der Waals surface area contributed by atoms with E-state index in [0.717, 1.165) is 70.9 Å². The van der Waals surface area contributed by atoms with Crippen LogP contribution in [0.1, 0.15) is 71.7 Å².